The van der Waals surface area contributed by atoms with Crippen LogP contribution in [0, 0.1) is 0 Å². The smallest absolute Gasteiger partial charge is 0.274 e. The van der Waals surface area contributed by atoms with Crippen LogP contribution in [0.5, 0.6) is 0 Å². The summed E-state index contributed by atoms with van der Waals surface area (Å²) in [7, 11) is 2.32. The Labute approximate surface area is 74.1 Å². The van der Waals surface area contributed by atoms with Crippen molar-refractivity contribution in [2.45, 2.75) is 19.9 Å². The summed E-state index contributed by atoms with van der Waals surface area (Å²) in [5.41, 5.74) is 0.624. The third-order valence-corrected chi connectivity index (χ3v) is 2.00. The zero-order chi connectivity index (χ0) is 9.14. The lowest BCUT2D eigenvalue weighted by Gasteiger charge is -2.10. The van der Waals surface area contributed by atoms with Gasteiger partial charge in [-0.05, 0) is 35.4 Å². The first kappa shape index (κ1) is 9.27. The van der Waals surface area contributed by atoms with Crippen LogP contribution in [0.25, 0.3) is 0 Å². The van der Waals surface area contributed by atoms with Crippen molar-refractivity contribution in [3.63, 3.8) is 0 Å². The molecule has 0 aliphatic rings. The Morgan fingerprint density at radius 1 is 1.58 bits per heavy atom. The zero-order valence-corrected chi connectivity index (χ0v) is 8.40. The van der Waals surface area contributed by atoms with E-state index in [1.807, 2.05) is 19.9 Å². The SMILES string of the molecule is CC(C)n1cccc(NP)c1=O. The second-order valence-electron chi connectivity index (χ2n) is 2.87. The summed E-state index contributed by atoms with van der Waals surface area (Å²) in [5.74, 6) is 0. The van der Waals surface area contributed by atoms with Gasteiger partial charge in [-0.25, -0.2) is 0 Å². The highest BCUT2D eigenvalue weighted by molar-refractivity contribution is 7.18. The maximum absolute atomic E-state index is 11.5. The molecule has 66 valence electrons. The van der Waals surface area contributed by atoms with Crippen LogP contribution in [-0.2, 0) is 0 Å². The number of hydrogen-bond acceptors (Lipinski definition) is 2. The molecule has 0 fully saturated rings. The summed E-state index contributed by atoms with van der Waals surface area (Å²) < 4.78 is 1.69. The summed E-state index contributed by atoms with van der Waals surface area (Å²) in [6.45, 7) is 3.96. The second kappa shape index (κ2) is 3.72. The number of anilines is 1. The van der Waals surface area contributed by atoms with E-state index in [0.29, 0.717) is 5.69 Å². The van der Waals surface area contributed by atoms with E-state index >= 15 is 0 Å². The normalized spacial score (nSPS) is 10.3. The molecule has 0 spiro atoms. The first-order valence-corrected chi connectivity index (χ1v) is 4.42. The maximum Gasteiger partial charge on any atom is 0.274 e. The molecular weight excluding hydrogens is 171 g/mol. The fraction of sp³-hybridized carbons (Fsp3) is 0.375. The van der Waals surface area contributed by atoms with E-state index in [4.69, 9.17) is 0 Å². The van der Waals surface area contributed by atoms with Crippen molar-refractivity contribution in [1.29, 1.82) is 0 Å². The second-order valence-corrected chi connectivity index (χ2v) is 3.16. The van der Waals surface area contributed by atoms with Gasteiger partial charge in [0.1, 0.15) is 5.69 Å². The van der Waals surface area contributed by atoms with Gasteiger partial charge in [-0.3, -0.25) is 4.79 Å². The Kier molecular flexibility index (Phi) is 2.88. The average molecular weight is 184 g/mol. The molecule has 0 bridgehead atoms. The Balaban J connectivity index is 3.24. The van der Waals surface area contributed by atoms with Crippen LogP contribution in [0.4, 0.5) is 5.69 Å². The minimum atomic E-state index is 0.0162. The van der Waals surface area contributed by atoms with Crippen LogP contribution < -0.4 is 10.6 Å². The monoisotopic (exact) mass is 184 g/mol. The Hall–Kier alpha value is -0.820. The van der Waals surface area contributed by atoms with Crippen LogP contribution in [0.2, 0.25) is 0 Å². The lowest BCUT2D eigenvalue weighted by Crippen LogP contribution is -2.22. The van der Waals surface area contributed by atoms with E-state index in [-0.39, 0.29) is 11.6 Å². The van der Waals surface area contributed by atoms with Crippen molar-refractivity contribution < 1.29 is 0 Å². The Morgan fingerprint density at radius 3 is 2.75 bits per heavy atom. The van der Waals surface area contributed by atoms with Gasteiger partial charge in [-0.1, -0.05) is 0 Å². The lowest BCUT2D eigenvalue weighted by molar-refractivity contribution is 0.580. The summed E-state index contributed by atoms with van der Waals surface area (Å²) in [5, 5.41) is 2.77. The lowest BCUT2D eigenvalue weighted by atomic mass is 10.3. The van der Waals surface area contributed by atoms with Crippen molar-refractivity contribution in [2.75, 3.05) is 5.09 Å². The molecule has 3 nitrogen and oxygen atoms in total. The molecule has 12 heavy (non-hydrogen) atoms. The van der Waals surface area contributed by atoms with Crippen LogP contribution in [0.1, 0.15) is 19.9 Å². The number of rotatable bonds is 2. The van der Waals surface area contributed by atoms with Crippen molar-refractivity contribution >= 4 is 15.1 Å². The third-order valence-electron chi connectivity index (χ3n) is 1.69. The summed E-state index contributed by atoms with van der Waals surface area (Å²) >= 11 is 0. The van der Waals surface area contributed by atoms with Crippen LogP contribution >= 0.6 is 9.39 Å². The number of nitrogens with zero attached hydrogens (tertiary/aromatic N) is 1. The van der Waals surface area contributed by atoms with Crippen molar-refractivity contribution in [1.82, 2.24) is 4.57 Å². The molecule has 1 aromatic rings. The summed E-state index contributed by atoms with van der Waals surface area (Å²) in [6, 6.07) is 3.82. The van der Waals surface area contributed by atoms with Gasteiger partial charge in [0.2, 0.25) is 0 Å². The molecule has 0 aliphatic heterocycles. The fourth-order valence-electron chi connectivity index (χ4n) is 1.03. The van der Waals surface area contributed by atoms with Crippen LogP contribution in [-0.4, -0.2) is 4.57 Å². The molecule has 0 radical (unpaired) electrons. The summed E-state index contributed by atoms with van der Waals surface area (Å²) in [6.07, 6.45) is 1.79. The largest absolute Gasteiger partial charge is 0.365 e. The molecule has 1 N–H and O–H groups in total. The minimum Gasteiger partial charge on any atom is -0.365 e. The van der Waals surface area contributed by atoms with E-state index in [0.717, 1.165) is 0 Å². The van der Waals surface area contributed by atoms with Crippen LogP contribution in [0.15, 0.2) is 23.1 Å². The number of hydrogen-bond donors (Lipinski definition) is 1. The standard InChI is InChI=1S/C8H13N2OP/c1-6(2)10-5-3-4-7(9-12)8(10)11/h3-6,9H,12H2,1-2H3. The highest BCUT2D eigenvalue weighted by Gasteiger charge is 2.02. The van der Waals surface area contributed by atoms with E-state index < -0.39 is 0 Å². The molecule has 1 aromatic heterocycles. The van der Waals surface area contributed by atoms with Gasteiger partial charge in [0.25, 0.3) is 5.56 Å². The molecule has 0 aliphatic carbocycles. The van der Waals surface area contributed by atoms with Gasteiger partial charge < -0.3 is 9.65 Å². The molecule has 0 aromatic carbocycles. The first-order chi connectivity index (χ1) is 5.66. The topological polar surface area (TPSA) is 34.0 Å². The Bertz CT molecular complexity index is 319. The van der Waals surface area contributed by atoms with Crippen molar-refractivity contribution in [3.8, 4) is 0 Å². The van der Waals surface area contributed by atoms with Crippen LogP contribution in [0.3, 0.4) is 0 Å². The molecule has 1 rings (SSSR count). The van der Waals surface area contributed by atoms with Gasteiger partial charge in [-0.2, -0.15) is 0 Å². The summed E-state index contributed by atoms with van der Waals surface area (Å²) in [4.78, 5) is 11.5. The van der Waals surface area contributed by atoms with Crippen molar-refractivity contribution in [2.24, 2.45) is 0 Å². The maximum atomic E-state index is 11.5. The van der Waals surface area contributed by atoms with E-state index in [1.54, 1.807) is 16.8 Å². The minimum absolute atomic E-state index is 0.0162. The average Bonchev–Trinajstić information content (AvgIpc) is 2.04. The van der Waals surface area contributed by atoms with Crippen molar-refractivity contribution in [3.05, 3.63) is 28.7 Å². The number of pyridine rings is 1. The quantitative estimate of drug-likeness (QED) is 0.709. The van der Waals surface area contributed by atoms with Gasteiger partial charge in [0.15, 0.2) is 0 Å². The van der Waals surface area contributed by atoms with Gasteiger partial charge >= 0.3 is 0 Å². The van der Waals surface area contributed by atoms with Gasteiger partial charge in [0, 0.05) is 12.2 Å². The zero-order valence-electron chi connectivity index (χ0n) is 7.24. The molecule has 0 saturated carbocycles. The first-order valence-electron chi connectivity index (χ1n) is 3.84. The molecule has 1 atom stereocenters. The fourth-order valence-corrected chi connectivity index (χ4v) is 1.25. The van der Waals surface area contributed by atoms with Gasteiger partial charge in [-0.15, -0.1) is 0 Å². The molecule has 4 heteroatoms. The third kappa shape index (κ3) is 1.67. The van der Waals surface area contributed by atoms with E-state index in [9.17, 15) is 4.79 Å². The Morgan fingerprint density at radius 2 is 2.25 bits per heavy atom. The molecular formula is C8H13N2OP. The molecule has 1 unspecified atom stereocenters. The highest BCUT2D eigenvalue weighted by atomic mass is 31.0. The van der Waals surface area contributed by atoms with Gasteiger partial charge in [0.05, 0.1) is 0 Å². The predicted molar refractivity (Wildman–Crippen MR) is 54.4 cm³/mol. The predicted octanol–water partition coefficient (Wildman–Crippen LogP) is 1.63. The number of aromatic nitrogens is 1. The molecule has 0 amide bonds. The van der Waals surface area contributed by atoms with E-state index in [2.05, 4.69) is 14.5 Å². The molecule has 1 heterocycles. The number of nitrogens with one attached hydrogen (secondary N) is 1. The highest BCUT2D eigenvalue weighted by Crippen LogP contribution is 2.05. The van der Waals surface area contributed by atoms with E-state index in [1.165, 1.54) is 0 Å². The molecule has 0 saturated heterocycles.